The summed E-state index contributed by atoms with van der Waals surface area (Å²) in [5.74, 6) is 0. The van der Waals surface area contributed by atoms with Crippen LogP contribution in [0.1, 0.15) is 0 Å². The topological polar surface area (TPSA) is 12.9 Å². The molecular formula is C9H6NPt. The van der Waals surface area contributed by atoms with Crippen LogP contribution in [0, 0.1) is 0 Å². The Balaban J connectivity index is 2.83. The molecule has 0 radical (unpaired) electrons. The monoisotopic (exact) mass is 323 g/mol. The Kier molecular flexibility index (Phi) is 1.75. The molecule has 0 aliphatic carbocycles. The number of benzene rings is 1. The Labute approximate surface area is 76.4 Å². The van der Waals surface area contributed by atoms with Gasteiger partial charge >= 0.3 is 76.2 Å². The molecule has 0 bridgehead atoms. The first-order valence-corrected chi connectivity index (χ1v) is 4.48. The van der Waals surface area contributed by atoms with Crippen molar-refractivity contribution in [3.05, 3.63) is 36.4 Å². The molecule has 0 aliphatic rings. The molecule has 0 N–H and O–H groups in total. The third-order valence-corrected chi connectivity index (χ3v) is 2.18. The van der Waals surface area contributed by atoms with Gasteiger partial charge < -0.3 is 0 Å². The zero-order valence-corrected chi connectivity index (χ0v) is 8.00. The fourth-order valence-electron chi connectivity index (χ4n) is 1.03. The molecule has 2 rings (SSSR count). The van der Waals surface area contributed by atoms with Crippen LogP contribution in [0.3, 0.4) is 0 Å². The first kappa shape index (κ1) is 6.99. The van der Waals surface area contributed by atoms with Crippen molar-refractivity contribution in [3.8, 4) is 0 Å². The zero-order valence-electron chi connectivity index (χ0n) is 5.73. The fraction of sp³-hybridized carbons (Fsp3) is 0. The first-order chi connectivity index (χ1) is 5.36. The Bertz CT molecular complexity index is 384. The molecule has 0 amide bonds. The van der Waals surface area contributed by atoms with Crippen molar-refractivity contribution in [3.63, 3.8) is 0 Å². The minimum absolute atomic E-state index is 1.05. The molecule has 2 heteroatoms. The Morgan fingerprint density at radius 3 is 2.73 bits per heavy atom. The zero-order chi connectivity index (χ0) is 7.68. The SMILES string of the molecule is [Pt][c]1ccc2ccccc2n1. The van der Waals surface area contributed by atoms with Crippen molar-refractivity contribution in [1.82, 2.24) is 4.98 Å². The molecule has 0 fully saturated rings. The van der Waals surface area contributed by atoms with Crippen LogP contribution in [-0.4, -0.2) is 4.98 Å². The third kappa shape index (κ3) is 1.34. The van der Waals surface area contributed by atoms with Gasteiger partial charge in [-0.2, -0.15) is 0 Å². The Morgan fingerprint density at radius 1 is 1.00 bits per heavy atom. The molecule has 0 atom stereocenters. The van der Waals surface area contributed by atoms with E-state index in [1.54, 1.807) is 0 Å². The standard InChI is InChI=1S/C9H6N.Pt/c1-2-6-9-8(4-1)5-3-7-10-9;/h1-6H;. The average Bonchev–Trinajstić information content (AvgIpc) is 2.04. The number of hydrogen-bond donors (Lipinski definition) is 0. The van der Waals surface area contributed by atoms with Gasteiger partial charge in [0, 0.05) is 0 Å². The molecule has 0 aliphatic heterocycles. The van der Waals surface area contributed by atoms with E-state index in [4.69, 9.17) is 0 Å². The van der Waals surface area contributed by atoms with Crippen LogP contribution < -0.4 is 4.08 Å². The molecule has 0 unspecified atom stereocenters. The third-order valence-electron chi connectivity index (χ3n) is 1.55. The normalized spacial score (nSPS) is 10.4. The fourth-order valence-corrected chi connectivity index (χ4v) is 1.49. The number of para-hydroxylation sites is 1. The van der Waals surface area contributed by atoms with Crippen LogP contribution in [0.4, 0.5) is 0 Å². The number of aromatic nitrogens is 1. The average molecular weight is 323 g/mol. The number of pyridine rings is 1. The van der Waals surface area contributed by atoms with E-state index < -0.39 is 0 Å². The maximum atomic E-state index is 4.36. The number of nitrogens with zero attached hydrogens (tertiary/aromatic N) is 1. The summed E-state index contributed by atoms with van der Waals surface area (Å²) in [6.45, 7) is 0. The van der Waals surface area contributed by atoms with Crippen LogP contribution in [0.5, 0.6) is 0 Å². The van der Waals surface area contributed by atoms with Gasteiger partial charge in [-0.05, 0) is 0 Å². The van der Waals surface area contributed by atoms with E-state index in [-0.39, 0.29) is 0 Å². The van der Waals surface area contributed by atoms with Gasteiger partial charge in [0.05, 0.1) is 0 Å². The Hall–Kier alpha value is -0.682. The van der Waals surface area contributed by atoms with Gasteiger partial charge in [-0.1, -0.05) is 0 Å². The molecule has 0 saturated carbocycles. The van der Waals surface area contributed by atoms with Crippen molar-refractivity contribution < 1.29 is 19.8 Å². The predicted octanol–water partition coefficient (Wildman–Crippen LogP) is 1.41. The molecule has 0 spiro atoms. The maximum absolute atomic E-state index is 4.36. The first-order valence-electron chi connectivity index (χ1n) is 3.34. The molecule has 1 heterocycles. The Morgan fingerprint density at radius 2 is 1.82 bits per heavy atom. The van der Waals surface area contributed by atoms with Crippen molar-refractivity contribution in [1.29, 1.82) is 0 Å². The predicted molar refractivity (Wildman–Crippen MR) is 41.4 cm³/mol. The number of hydrogen-bond acceptors (Lipinski definition) is 1. The summed E-state index contributed by atoms with van der Waals surface area (Å²) in [6, 6.07) is 12.2. The van der Waals surface area contributed by atoms with E-state index in [9.17, 15) is 0 Å². The summed E-state index contributed by atoms with van der Waals surface area (Å²) >= 11 is 2.20. The van der Waals surface area contributed by atoms with Gasteiger partial charge in [-0.3, -0.25) is 0 Å². The van der Waals surface area contributed by atoms with Crippen LogP contribution >= 0.6 is 0 Å². The van der Waals surface area contributed by atoms with E-state index in [1.165, 1.54) is 5.39 Å². The van der Waals surface area contributed by atoms with E-state index in [0.29, 0.717) is 0 Å². The van der Waals surface area contributed by atoms with E-state index in [0.717, 1.165) is 9.60 Å². The minimum atomic E-state index is 1.05. The second-order valence-electron chi connectivity index (χ2n) is 2.30. The molecule has 1 nitrogen and oxygen atoms in total. The van der Waals surface area contributed by atoms with Gasteiger partial charge in [0.1, 0.15) is 0 Å². The molecule has 0 saturated heterocycles. The van der Waals surface area contributed by atoms with Crippen LogP contribution in [0.2, 0.25) is 0 Å². The summed E-state index contributed by atoms with van der Waals surface area (Å²) in [4.78, 5) is 4.36. The molecule has 57 valence electrons. The number of rotatable bonds is 0. The summed E-state index contributed by atoms with van der Waals surface area (Å²) in [5.41, 5.74) is 1.07. The van der Waals surface area contributed by atoms with Gasteiger partial charge in [-0.15, -0.1) is 0 Å². The number of fused-ring (bicyclic) bond motifs is 1. The molecule has 2 aromatic rings. The van der Waals surface area contributed by atoms with Crippen molar-refractivity contribution in [2.24, 2.45) is 0 Å². The molecule has 1 aromatic carbocycles. The van der Waals surface area contributed by atoms with E-state index in [1.807, 2.05) is 24.3 Å². The molecule has 11 heavy (non-hydrogen) atoms. The van der Waals surface area contributed by atoms with Gasteiger partial charge in [0.2, 0.25) is 0 Å². The van der Waals surface area contributed by atoms with E-state index >= 15 is 0 Å². The van der Waals surface area contributed by atoms with Crippen molar-refractivity contribution >= 4 is 15.0 Å². The summed E-state index contributed by atoms with van der Waals surface area (Å²) in [5, 5.41) is 1.20. The summed E-state index contributed by atoms with van der Waals surface area (Å²) < 4.78 is 1.05. The van der Waals surface area contributed by atoms with Gasteiger partial charge in [-0.25, -0.2) is 0 Å². The summed E-state index contributed by atoms with van der Waals surface area (Å²) in [7, 11) is 0. The molecular weight excluding hydrogens is 317 g/mol. The molecule has 1 aromatic heterocycles. The van der Waals surface area contributed by atoms with Crippen molar-refractivity contribution in [2.75, 3.05) is 0 Å². The second kappa shape index (κ2) is 2.75. The van der Waals surface area contributed by atoms with Crippen molar-refractivity contribution in [2.45, 2.75) is 0 Å². The van der Waals surface area contributed by atoms with E-state index in [2.05, 4.69) is 36.9 Å². The quantitative estimate of drug-likeness (QED) is 0.714. The summed E-state index contributed by atoms with van der Waals surface area (Å²) in [6.07, 6.45) is 0. The van der Waals surface area contributed by atoms with Crippen LogP contribution in [0.15, 0.2) is 36.4 Å². The second-order valence-corrected chi connectivity index (χ2v) is 3.46. The van der Waals surface area contributed by atoms with Gasteiger partial charge in [0.15, 0.2) is 0 Å². The van der Waals surface area contributed by atoms with Crippen LogP contribution in [0.25, 0.3) is 10.9 Å². The van der Waals surface area contributed by atoms with Gasteiger partial charge in [0.25, 0.3) is 0 Å². The van der Waals surface area contributed by atoms with Crippen LogP contribution in [-0.2, 0) is 19.8 Å².